The first-order valence-electron chi connectivity index (χ1n) is 9.14. The van der Waals surface area contributed by atoms with E-state index >= 15 is 0 Å². The Balaban J connectivity index is 1.58. The highest BCUT2D eigenvalue weighted by atomic mass is 16.5. The predicted octanol–water partition coefficient (Wildman–Crippen LogP) is 3.09. The largest absolute Gasteiger partial charge is 0.479 e. The number of hydrogen-bond donors (Lipinski definition) is 3. The van der Waals surface area contributed by atoms with Gasteiger partial charge < -0.3 is 14.6 Å². The van der Waals surface area contributed by atoms with E-state index in [0.29, 0.717) is 23.9 Å². The average Bonchev–Trinajstić information content (AvgIpc) is 3.38. The monoisotopic (exact) mass is 391 g/mol. The van der Waals surface area contributed by atoms with E-state index in [1.54, 1.807) is 25.7 Å². The van der Waals surface area contributed by atoms with E-state index in [9.17, 15) is 4.79 Å². The van der Waals surface area contributed by atoms with E-state index in [1.807, 2.05) is 48.0 Å². The molecule has 29 heavy (non-hydrogen) atoms. The van der Waals surface area contributed by atoms with Gasteiger partial charge in [-0.25, -0.2) is 14.8 Å². The van der Waals surface area contributed by atoms with Gasteiger partial charge >= 0.3 is 6.03 Å². The second-order valence-electron chi connectivity index (χ2n) is 6.58. The number of aromatic nitrogens is 5. The SMILES string of the molecule is COc1n[nH]c2cc(NC(=O)NC(C)c3ccccc3)nc(Cn3ccnc3)c12. The molecule has 0 bridgehead atoms. The fourth-order valence-corrected chi connectivity index (χ4v) is 3.15. The number of ether oxygens (including phenoxy) is 1. The Hall–Kier alpha value is -3.88. The van der Waals surface area contributed by atoms with Crippen molar-refractivity contribution in [3.63, 3.8) is 0 Å². The van der Waals surface area contributed by atoms with Crippen LogP contribution in [0.4, 0.5) is 10.6 Å². The Morgan fingerprint density at radius 1 is 1.31 bits per heavy atom. The zero-order valence-corrected chi connectivity index (χ0v) is 16.1. The third kappa shape index (κ3) is 4.03. The summed E-state index contributed by atoms with van der Waals surface area (Å²) in [6.45, 7) is 2.39. The standard InChI is InChI=1S/C20H21N7O2/c1-13(14-6-4-3-5-7-14)22-20(28)24-17-10-15-18(19(29-2)26-25-15)16(23-17)11-27-9-8-21-12-27/h3-10,12-13H,11H2,1-2H3,(H,25,26)(H2,22,23,24,28). The fourth-order valence-electron chi connectivity index (χ4n) is 3.15. The van der Waals surface area contributed by atoms with E-state index in [2.05, 4.69) is 30.8 Å². The highest BCUT2D eigenvalue weighted by molar-refractivity contribution is 5.93. The summed E-state index contributed by atoms with van der Waals surface area (Å²) < 4.78 is 7.23. The molecule has 0 fully saturated rings. The number of H-pyrrole nitrogens is 1. The Morgan fingerprint density at radius 3 is 2.86 bits per heavy atom. The van der Waals surface area contributed by atoms with E-state index in [0.717, 1.165) is 16.5 Å². The van der Waals surface area contributed by atoms with Gasteiger partial charge in [0, 0.05) is 18.5 Å². The second kappa shape index (κ2) is 8.01. The summed E-state index contributed by atoms with van der Waals surface area (Å²) in [4.78, 5) is 21.2. The third-order valence-electron chi connectivity index (χ3n) is 4.56. The van der Waals surface area contributed by atoms with Crippen LogP contribution < -0.4 is 15.4 Å². The Bertz CT molecular complexity index is 1110. The summed E-state index contributed by atoms with van der Waals surface area (Å²) in [5, 5.41) is 13.6. The molecule has 0 aliphatic carbocycles. The molecule has 0 saturated carbocycles. The maximum absolute atomic E-state index is 12.5. The normalized spacial score (nSPS) is 11.9. The molecule has 3 heterocycles. The Labute approximate surface area is 167 Å². The molecule has 0 radical (unpaired) electrons. The van der Waals surface area contributed by atoms with Crippen molar-refractivity contribution in [3.05, 3.63) is 66.4 Å². The number of anilines is 1. The highest BCUT2D eigenvalue weighted by Gasteiger charge is 2.16. The number of hydrogen-bond acceptors (Lipinski definition) is 5. The number of urea groups is 1. The van der Waals surface area contributed by atoms with Crippen LogP contribution in [0.3, 0.4) is 0 Å². The van der Waals surface area contributed by atoms with Gasteiger partial charge in [-0.15, -0.1) is 5.10 Å². The third-order valence-corrected chi connectivity index (χ3v) is 4.56. The average molecular weight is 391 g/mol. The Kier molecular flexibility index (Phi) is 5.10. The van der Waals surface area contributed by atoms with Crippen LogP contribution >= 0.6 is 0 Å². The van der Waals surface area contributed by atoms with Crippen molar-refractivity contribution in [2.75, 3.05) is 12.4 Å². The first-order chi connectivity index (χ1) is 14.1. The quantitative estimate of drug-likeness (QED) is 0.468. The first-order valence-corrected chi connectivity index (χ1v) is 9.14. The minimum atomic E-state index is -0.340. The molecule has 148 valence electrons. The number of aromatic amines is 1. The zero-order chi connectivity index (χ0) is 20.2. The van der Waals surface area contributed by atoms with Gasteiger partial charge in [0.15, 0.2) is 0 Å². The van der Waals surface area contributed by atoms with Crippen molar-refractivity contribution < 1.29 is 9.53 Å². The number of carbonyl (C=O) groups excluding carboxylic acids is 1. The molecule has 3 N–H and O–H groups in total. The molecule has 0 spiro atoms. The minimum absolute atomic E-state index is 0.141. The number of fused-ring (bicyclic) bond motifs is 1. The maximum atomic E-state index is 12.5. The van der Waals surface area contributed by atoms with Gasteiger partial charge in [-0.3, -0.25) is 10.4 Å². The van der Waals surface area contributed by atoms with E-state index in [1.165, 1.54) is 0 Å². The molecule has 1 aromatic carbocycles. The number of methoxy groups -OCH3 is 1. The van der Waals surface area contributed by atoms with Gasteiger partial charge in [0.05, 0.1) is 42.6 Å². The van der Waals surface area contributed by atoms with Crippen LogP contribution in [-0.2, 0) is 6.54 Å². The summed E-state index contributed by atoms with van der Waals surface area (Å²) in [6.07, 6.45) is 5.24. The fraction of sp³-hybridized carbons (Fsp3) is 0.200. The molecular formula is C20H21N7O2. The minimum Gasteiger partial charge on any atom is -0.479 e. The van der Waals surface area contributed by atoms with E-state index < -0.39 is 0 Å². The van der Waals surface area contributed by atoms with Gasteiger partial charge in [-0.1, -0.05) is 30.3 Å². The summed E-state index contributed by atoms with van der Waals surface area (Å²) in [7, 11) is 1.56. The van der Waals surface area contributed by atoms with Crippen molar-refractivity contribution in [1.82, 2.24) is 30.0 Å². The number of carbonyl (C=O) groups is 1. The predicted molar refractivity (Wildman–Crippen MR) is 109 cm³/mol. The number of amides is 2. The van der Waals surface area contributed by atoms with Crippen LogP contribution in [0.5, 0.6) is 5.88 Å². The molecule has 9 nitrogen and oxygen atoms in total. The van der Waals surface area contributed by atoms with Crippen molar-refractivity contribution >= 4 is 22.8 Å². The zero-order valence-electron chi connectivity index (χ0n) is 16.1. The number of nitrogens with one attached hydrogen (secondary N) is 3. The number of imidazole rings is 1. The molecule has 0 saturated heterocycles. The smallest absolute Gasteiger partial charge is 0.320 e. The van der Waals surface area contributed by atoms with Crippen LogP contribution in [0, 0.1) is 0 Å². The lowest BCUT2D eigenvalue weighted by molar-refractivity contribution is 0.249. The second-order valence-corrected chi connectivity index (χ2v) is 6.58. The molecule has 0 aliphatic rings. The number of pyridine rings is 1. The van der Waals surface area contributed by atoms with Crippen LogP contribution in [-0.4, -0.2) is 37.9 Å². The van der Waals surface area contributed by atoms with Gasteiger partial charge in [-0.2, -0.15) is 0 Å². The van der Waals surface area contributed by atoms with Crippen molar-refractivity contribution in [2.45, 2.75) is 19.5 Å². The van der Waals surface area contributed by atoms with Crippen molar-refractivity contribution in [2.24, 2.45) is 0 Å². The van der Waals surface area contributed by atoms with Gasteiger partial charge in [-0.05, 0) is 12.5 Å². The summed E-state index contributed by atoms with van der Waals surface area (Å²) >= 11 is 0. The molecular weight excluding hydrogens is 370 g/mol. The lowest BCUT2D eigenvalue weighted by Crippen LogP contribution is -2.31. The molecule has 1 atom stereocenters. The first kappa shape index (κ1) is 18.5. The number of rotatable bonds is 6. The maximum Gasteiger partial charge on any atom is 0.320 e. The van der Waals surface area contributed by atoms with E-state index in [4.69, 9.17) is 4.74 Å². The number of nitrogens with zero attached hydrogens (tertiary/aromatic N) is 4. The lowest BCUT2D eigenvalue weighted by atomic mass is 10.1. The molecule has 4 rings (SSSR count). The molecule has 0 aliphatic heterocycles. The van der Waals surface area contributed by atoms with Crippen molar-refractivity contribution in [1.29, 1.82) is 0 Å². The van der Waals surface area contributed by atoms with Gasteiger partial charge in [0.2, 0.25) is 5.88 Å². The topological polar surface area (TPSA) is 110 Å². The van der Waals surface area contributed by atoms with Gasteiger partial charge in [0.1, 0.15) is 5.82 Å². The summed E-state index contributed by atoms with van der Waals surface area (Å²) in [6, 6.07) is 11.0. The number of benzene rings is 1. The van der Waals surface area contributed by atoms with Crippen molar-refractivity contribution in [3.8, 4) is 5.88 Å². The van der Waals surface area contributed by atoms with E-state index in [-0.39, 0.29) is 12.1 Å². The van der Waals surface area contributed by atoms with Crippen LogP contribution in [0.1, 0.15) is 24.2 Å². The molecule has 4 aromatic rings. The molecule has 9 heteroatoms. The van der Waals surface area contributed by atoms with Gasteiger partial charge in [0.25, 0.3) is 0 Å². The molecule has 2 amide bonds. The highest BCUT2D eigenvalue weighted by Crippen LogP contribution is 2.28. The molecule has 1 unspecified atom stereocenters. The van der Waals surface area contributed by atoms with Crippen LogP contribution in [0.2, 0.25) is 0 Å². The lowest BCUT2D eigenvalue weighted by Gasteiger charge is -2.15. The van der Waals surface area contributed by atoms with Crippen LogP contribution in [0.25, 0.3) is 10.9 Å². The molecule has 3 aromatic heterocycles. The Morgan fingerprint density at radius 2 is 2.14 bits per heavy atom. The summed E-state index contributed by atoms with van der Waals surface area (Å²) in [5.41, 5.74) is 2.45. The summed E-state index contributed by atoms with van der Waals surface area (Å²) in [5.74, 6) is 0.869. The van der Waals surface area contributed by atoms with Crippen LogP contribution in [0.15, 0.2) is 55.1 Å².